The molecule has 1 atom stereocenters. The van der Waals surface area contributed by atoms with Gasteiger partial charge in [-0.25, -0.2) is 8.51 Å². The minimum absolute atomic E-state index is 0.250. The molecule has 2 rings (SSSR count). The van der Waals surface area contributed by atoms with E-state index in [0.29, 0.717) is 5.82 Å². The Morgan fingerprint density at radius 2 is 2.11 bits per heavy atom. The summed E-state index contributed by atoms with van der Waals surface area (Å²) in [4.78, 5) is 0. The fourth-order valence-corrected chi connectivity index (χ4v) is 1.96. The molecule has 1 N–H and O–H groups in total. The minimum atomic E-state index is -2.16. The van der Waals surface area contributed by atoms with Crippen LogP contribution in [0.4, 0.5) is 5.82 Å². The summed E-state index contributed by atoms with van der Waals surface area (Å²) in [5.74, 6) is 1.04. The summed E-state index contributed by atoms with van der Waals surface area (Å²) in [7, 11) is 1.58. The molecule has 0 aliphatic rings. The predicted molar refractivity (Wildman–Crippen MR) is 66.5 cm³/mol. The van der Waals surface area contributed by atoms with Crippen LogP contribution in [0.1, 0.15) is 5.56 Å². The third-order valence-electron chi connectivity index (χ3n) is 2.35. The zero-order valence-electron chi connectivity index (χ0n) is 9.65. The second-order valence-electron chi connectivity index (χ2n) is 3.47. The van der Waals surface area contributed by atoms with E-state index < -0.39 is 11.3 Å². The van der Waals surface area contributed by atoms with Crippen molar-refractivity contribution in [1.29, 1.82) is 0 Å². The normalized spacial score (nSPS) is 12.1. The summed E-state index contributed by atoms with van der Waals surface area (Å²) in [6.45, 7) is 0.250. The first kappa shape index (κ1) is 12.6. The summed E-state index contributed by atoms with van der Waals surface area (Å²) >= 11 is -2.16. The van der Waals surface area contributed by atoms with Gasteiger partial charge in [0.05, 0.1) is 13.7 Å². The SMILES string of the molecule is COc1ccc(CN(c2ccon2)S(=O)O)cc1. The predicted octanol–water partition coefficient (Wildman–Crippen LogP) is 1.83. The molecule has 0 saturated heterocycles. The van der Waals surface area contributed by atoms with Gasteiger partial charge in [-0.05, 0) is 17.7 Å². The number of methoxy groups -OCH3 is 1. The fourth-order valence-electron chi connectivity index (χ4n) is 1.45. The molecule has 0 aliphatic carbocycles. The third-order valence-corrected chi connectivity index (χ3v) is 3.05. The Hall–Kier alpha value is -1.86. The number of hydrogen-bond acceptors (Lipinski definition) is 4. The molecule has 0 spiro atoms. The molecule has 1 aromatic heterocycles. The topological polar surface area (TPSA) is 75.8 Å². The van der Waals surface area contributed by atoms with Crippen LogP contribution in [0.25, 0.3) is 0 Å². The first-order chi connectivity index (χ1) is 8.70. The highest BCUT2D eigenvalue weighted by atomic mass is 32.2. The van der Waals surface area contributed by atoms with E-state index in [0.717, 1.165) is 11.3 Å². The summed E-state index contributed by atoms with van der Waals surface area (Å²) < 4.78 is 31.4. The molecule has 1 aromatic carbocycles. The average Bonchev–Trinajstić information content (AvgIpc) is 2.90. The number of aromatic nitrogens is 1. The maximum atomic E-state index is 11.3. The molecule has 0 bridgehead atoms. The van der Waals surface area contributed by atoms with Crippen molar-refractivity contribution in [2.24, 2.45) is 0 Å². The molecule has 96 valence electrons. The van der Waals surface area contributed by atoms with Gasteiger partial charge in [-0.2, -0.15) is 0 Å². The second kappa shape index (κ2) is 5.65. The van der Waals surface area contributed by atoms with Gasteiger partial charge >= 0.3 is 0 Å². The van der Waals surface area contributed by atoms with Crippen LogP contribution in [0.3, 0.4) is 0 Å². The molecule has 0 saturated carbocycles. The first-order valence-electron chi connectivity index (χ1n) is 5.12. The lowest BCUT2D eigenvalue weighted by molar-refractivity contribution is 0.414. The molecular formula is C11H12N2O4S. The molecule has 0 amide bonds. The van der Waals surface area contributed by atoms with Crippen molar-refractivity contribution >= 4 is 17.1 Å². The summed E-state index contributed by atoms with van der Waals surface area (Å²) in [6.07, 6.45) is 1.35. The number of ether oxygens (including phenoxy) is 1. The van der Waals surface area contributed by atoms with Crippen molar-refractivity contribution in [2.75, 3.05) is 11.4 Å². The van der Waals surface area contributed by atoms with Gasteiger partial charge in [0.25, 0.3) is 11.3 Å². The molecule has 0 fully saturated rings. The van der Waals surface area contributed by atoms with Gasteiger partial charge in [0.15, 0.2) is 5.82 Å². The molecular weight excluding hydrogens is 256 g/mol. The average molecular weight is 268 g/mol. The summed E-state index contributed by atoms with van der Waals surface area (Å²) in [6, 6.07) is 8.74. The van der Waals surface area contributed by atoms with Crippen LogP contribution in [-0.2, 0) is 17.8 Å². The van der Waals surface area contributed by atoms with E-state index in [4.69, 9.17) is 4.74 Å². The van der Waals surface area contributed by atoms with Gasteiger partial charge in [0.2, 0.25) is 0 Å². The van der Waals surface area contributed by atoms with Crippen molar-refractivity contribution in [1.82, 2.24) is 5.16 Å². The van der Waals surface area contributed by atoms with Crippen LogP contribution in [0.5, 0.6) is 5.75 Å². The number of benzene rings is 1. The van der Waals surface area contributed by atoms with E-state index in [1.54, 1.807) is 19.2 Å². The van der Waals surface area contributed by atoms with Crippen molar-refractivity contribution in [3.63, 3.8) is 0 Å². The smallest absolute Gasteiger partial charge is 0.263 e. The maximum Gasteiger partial charge on any atom is 0.263 e. The van der Waals surface area contributed by atoms with Crippen molar-refractivity contribution < 1.29 is 18.0 Å². The van der Waals surface area contributed by atoms with E-state index >= 15 is 0 Å². The molecule has 18 heavy (non-hydrogen) atoms. The van der Waals surface area contributed by atoms with Gasteiger partial charge in [0.1, 0.15) is 12.0 Å². The van der Waals surface area contributed by atoms with Gasteiger partial charge in [-0.1, -0.05) is 17.3 Å². The van der Waals surface area contributed by atoms with Gasteiger partial charge in [0, 0.05) is 6.07 Å². The summed E-state index contributed by atoms with van der Waals surface area (Å²) in [5.41, 5.74) is 0.862. The van der Waals surface area contributed by atoms with Crippen LogP contribution >= 0.6 is 0 Å². The van der Waals surface area contributed by atoms with E-state index in [1.807, 2.05) is 12.1 Å². The quantitative estimate of drug-likeness (QED) is 0.837. The number of nitrogens with zero attached hydrogens (tertiary/aromatic N) is 2. The lowest BCUT2D eigenvalue weighted by atomic mass is 10.2. The molecule has 1 unspecified atom stereocenters. The Morgan fingerprint density at radius 3 is 2.61 bits per heavy atom. The van der Waals surface area contributed by atoms with Crippen molar-refractivity contribution in [3.05, 3.63) is 42.2 Å². The monoisotopic (exact) mass is 268 g/mol. The Morgan fingerprint density at radius 1 is 1.39 bits per heavy atom. The second-order valence-corrected chi connectivity index (χ2v) is 4.38. The highest BCUT2D eigenvalue weighted by molar-refractivity contribution is 7.80. The highest BCUT2D eigenvalue weighted by Gasteiger charge is 2.15. The van der Waals surface area contributed by atoms with E-state index in [2.05, 4.69) is 9.68 Å². The Balaban J connectivity index is 2.16. The van der Waals surface area contributed by atoms with E-state index in [1.165, 1.54) is 16.6 Å². The molecule has 0 radical (unpaired) electrons. The highest BCUT2D eigenvalue weighted by Crippen LogP contribution is 2.18. The zero-order valence-corrected chi connectivity index (χ0v) is 10.5. The van der Waals surface area contributed by atoms with Gasteiger partial charge < -0.3 is 9.26 Å². The first-order valence-corrected chi connectivity index (χ1v) is 6.19. The van der Waals surface area contributed by atoms with Crippen molar-refractivity contribution in [2.45, 2.75) is 6.54 Å². The lowest BCUT2D eigenvalue weighted by Crippen LogP contribution is -2.24. The minimum Gasteiger partial charge on any atom is -0.497 e. The third kappa shape index (κ3) is 2.88. The lowest BCUT2D eigenvalue weighted by Gasteiger charge is -2.16. The molecule has 1 heterocycles. The van der Waals surface area contributed by atoms with Crippen LogP contribution in [0.2, 0.25) is 0 Å². The van der Waals surface area contributed by atoms with E-state index in [9.17, 15) is 8.76 Å². The van der Waals surface area contributed by atoms with Gasteiger partial charge in [-0.3, -0.25) is 4.55 Å². The van der Waals surface area contributed by atoms with Crippen molar-refractivity contribution in [3.8, 4) is 5.75 Å². The zero-order chi connectivity index (χ0) is 13.0. The molecule has 0 aliphatic heterocycles. The standard InChI is InChI=1S/C11H12N2O4S/c1-16-10-4-2-9(3-5-10)8-13(18(14)15)11-6-7-17-12-11/h2-7H,8H2,1H3,(H,14,15). The summed E-state index contributed by atoms with van der Waals surface area (Å²) in [5, 5.41) is 3.64. The molecule has 6 nitrogen and oxygen atoms in total. The number of rotatable bonds is 5. The number of anilines is 1. The molecule has 2 aromatic rings. The molecule has 7 heteroatoms. The van der Waals surface area contributed by atoms with E-state index in [-0.39, 0.29) is 6.54 Å². The largest absolute Gasteiger partial charge is 0.497 e. The van der Waals surface area contributed by atoms with Crippen LogP contribution in [-0.4, -0.2) is 21.0 Å². The van der Waals surface area contributed by atoms with Crippen LogP contribution in [0, 0.1) is 0 Å². The fraction of sp³-hybridized carbons (Fsp3) is 0.182. The maximum absolute atomic E-state index is 11.3. The Bertz CT molecular complexity index is 512. The number of hydrogen-bond donors (Lipinski definition) is 1. The van der Waals surface area contributed by atoms with Crippen LogP contribution in [0.15, 0.2) is 41.1 Å². The Kier molecular flexibility index (Phi) is 3.96. The van der Waals surface area contributed by atoms with Gasteiger partial charge in [-0.15, -0.1) is 0 Å². The Labute approximate surface area is 107 Å². The van der Waals surface area contributed by atoms with Crippen LogP contribution < -0.4 is 9.04 Å².